The molecule has 7 nitrogen and oxygen atoms in total. The minimum atomic E-state index is 0.278. The summed E-state index contributed by atoms with van der Waals surface area (Å²) in [5.41, 5.74) is 1.56. The molecule has 1 aromatic carbocycles. The van der Waals surface area contributed by atoms with Gasteiger partial charge in [0, 0.05) is 18.2 Å². The van der Waals surface area contributed by atoms with Gasteiger partial charge in [-0.05, 0) is 29.6 Å². The van der Waals surface area contributed by atoms with E-state index in [-0.39, 0.29) is 6.61 Å². The van der Waals surface area contributed by atoms with Gasteiger partial charge in [-0.25, -0.2) is 0 Å². The summed E-state index contributed by atoms with van der Waals surface area (Å²) < 4.78 is 15.9. The van der Waals surface area contributed by atoms with Crippen LogP contribution in [0, 0.1) is 0 Å². The van der Waals surface area contributed by atoms with Crippen LogP contribution in [0.1, 0.15) is 5.89 Å². The standard InChI is InChI=1S/C16H12N4O3S/c1-21-9-13-18-19-16(22-13)11-5-2-4-10(8-11)15-17-14(20-23-15)12-6-3-7-24-12/h2-8H,9H2,1H3. The van der Waals surface area contributed by atoms with Gasteiger partial charge in [0.15, 0.2) is 0 Å². The summed E-state index contributed by atoms with van der Waals surface area (Å²) >= 11 is 1.56. The number of thiophene rings is 1. The van der Waals surface area contributed by atoms with Gasteiger partial charge in [0.05, 0.1) is 4.88 Å². The van der Waals surface area contributed by atoms with Crippen molar-refractivity contribution in [1.29, 1.82) is 0 Å². The maximum atomic E-state index is 5.55. The number of hydrogen-bond donors (Lipinski definition) is 0. The van der Waals surface area contributed by atoms with Crippen LogP contribution in [0.5, 0.6) is 0 Å². The molecular weight excluding hydrogens is 328 g/mol. The number of benzene rings is 1. The molecule has 120 valence electrons. The third-order valence-corrected chi connectivity index (χ3v) is 4.12. The number of nitrogens with zero attached hydrogens (tertiary/aromatic N) is 4. The second-order valence-electron chi connectivity index (χ2n) is 4.92. The van der Waals surface area contributed by atoms with E-state index in [0.717, 1.165) is 16.0 Å². The molecule has 0 aliphatic carbocycles. The van der Waals surface area contributed by atoms with Gasteiger partial charge < -0.3 is 13.7 Å². The minimum absolute atomic E-state index is 0.278. The van der Waals surface area contributed by atoms with E-state index >= 15 is 0 Å². The van der Waals surface area contributed by atoms with E-state index in [9.17, 15) is 0 Å². The number of rotatable bonds is 5. The van der Waals surface area contributed by atoms with Crippen LogP contribution in [-0.4, -0.2) is 27.4 Å². The second kappa shape index (κ2) is 6.34. The lowest BCUT2D eigenvalue weighted by molar-refractivity contribution is 0.160. The van der Waals surface area contributed by atoms with Crippen LogP contribution >= 0.6 is 11.3 Å². The van der Waals surface area contributed by atoms with Crippen molar-refractivity contribution in [1.82, 2.24) is 20.3 Å². The van der Waals surface area contributed by atoms with Gasteiger partial charge in [-0.2, -0.15) is 4.98 Å². The highest BCUT2D eigenvalue weighted by atomic mass is 32.1. The average Bonchev–Trinajstić information content (AvgIpc) is 3.36. The van der Waals surface area contributed by atoms with Crippen molar-refractivity contribution in [2.45, 2.75) is 6.61 Å². The Balaban J connectivity index is 1.65. The Morgan fingerprint density at radius 3 is 2.75 bits per heavy atom. The van der Waals surface area contributed by atoms with E-state index in [4.69, 9.17) is 13.7 Å². The van der Waals surface area contributed by atoms with E-state index in [1.807, 2.05) is 41.8 Å². The Morgan fingerprint density at radius 2 is 1.96 bits per heavy atom. The molecule has 0 fully saturated rings. The zero-order valence-corrected chi connectivity index (χ0v) is 13.5. The molecular formula is C16H12N4O3S. The molecule has 0 aliphatic rings. The number of aromatic nitrogens is 4. The van der Waals surface area contributed by atoms with Crippen LogP contribution in [-0.2, 0) is 11.3 Å². The van der Waals surface area contributed by atoms with Crippen molar-refractivity contribution < 1.29 is 13.7 Å². The van der Waals surface area contributed by atoms with Gasteiger partial charge in [0.1, 0.15) is 6.61 Å². The third kappa shape index (κ3) is 2.84. The van der Waals surface area contributed by atoms with Crippen molar-refractivity contribution in [2.24, 2.45) is 0 Å². The zero-order chi connectivity index (χ0) is 16.4. The fourth-order valence-corrected chi connectivity index (χ4v) is 2.83. The quantitative estimate of drug-likeness (QED) is 0.548. The molecule has 0 saturated carbocycles. The topological polar surface area (TPSA) is 87.1 Å². The molecule has 4 aromatic rings. The molecule has 0 spiro atoms. The Bertz CT molecular complexity index is 946. The molecule has 8 heteroatoms. The van der Waals surface area contributed by atoms with E-state index < -0.39 is 0 Å². The van der Waals surface area contributed by atoms with E-state index in [1.165, 1.54) is 0 Å². The SMILES string of the molecule is COCc1nnc(-c2cccc(-c3nc(-c4cccs4)no3)c2)o1. The Hall–Kier alpha value is -2.84. The summed E-state index contributed by atoms with van der Waals surface area (Å²) in [5.74, 6) is 1.86. The predicted molar refractivity (Wildman–Crippen MR) is 87.1 cm³/mol. The highest BCUT2D eigenvalue weighted by Crippen LogP contribution is 2.28. The summed E-state index contributed by atoms with van der Waals surface area (Å²) in [6.07, 6.45) is 0. The minimum Gasteiger partial charge on any atom is -0.418 e. The number of methoxy groups -OCH3 is 1. The largest absolute Gasteiger partial charge is 0.418 e. The lowest BCUT2D eigenvalue weighted by Crippen LogP contribution is -1.85. The summed E-state index contributed by atoms with van der Waals surface area (Å²) in [6.45, 7) is 0.278. The first-order valence-corrected chi connectivity index (χ1v) is 8.01. The van der Waals surface area contributed by atoms with Crippen LogP contribution in [0.3, 0.4) is 0 Å². The van der Waals surface area contributed by atoms with E-state index in [1.54, 1.807) is 18.4 Å². The molecule has 0 aliphatic heterocycles. The lowest BCUT2D eigenvalue weighted by atomic mass is 10.1. The molecule has 3 aromatic heterocycles. The second-order valence-corrected chi connectivity index (χ2v) is 5.86. The summed E-state index contributed by atoms with van der Waals surface area (Å²) in [5, 5.41) is 13.9. The molecule has 4 rings (SSSR count). The molecule has 0 bridgehead atoms. The van der Waals surface area contributed by atoms with Gasteiger partial charge in [0.2, 0.25) is 17.6 Å². The first kappa shape index (κ1) is 14.7. The lowest BCUT2D eigenvalue weighted by Gasteiger charge is -1.97. The maximum Gasteiger partial charge on any atom is 0.258 e. The van der Waals surface area contributed by atoms with Crippen molar-refractivity contribution >= 4 is 11.3 Å². The van der Waals surface area contributed by atoms with Crippen molar-refractivity contribution in [3.63, 3.8) is 0 Å². The van der Waals surface area contributed by atoms with Gasteiger partial charge >= 0.3 is 0 Å². The van der Waals surface area contributed by atoms with E-state index in [0.29, 0.717) is 23.5 Å². The van der Waals surface area contributed by atoms with Gasteiger partial charge in [-0.3, -0.25) is 0 Å². The first-order valence-electron chi connectivity index (χ1n) is 7.13. The van der Waals surface area contributed by atoms with Crippen LogP contribution in [0.2, 0.25) is 0 Å². The Labute approximate surface area is 140 Å². The summed E-state index contributed by atoms with van der Waals surface area (Å²) in [7, 11) is 1.57. The van der Waals surface area contributed by atoms with Crippen LogP contribution in [0.25, 0.3) is 33.6 Å². The molecule has 0 atom stereocenters. The Morgan fingerprint density at radius 1 is 1.08 bits per heavy atom. The van der Waals surface area contributed by atoms with E-state index in [2.05, 4.69) is 20.3 Å². The number of hydrogen-bond acceptors (Lipinski definition) is 8. The third-order valence-electron chi connectivity index (χ3n) is 3.26. The van der Waals surface area contributed by atoms with Gasteiger partial charge in [0.25, 0.3) is 5.89 Å². The van der Waals surface area contributed by atoms with Crippen LogP contribution in [0.4, 0.5) is 0 Å². The van der Waals surface area contributed by atoms with Gasteiger partial charge in [-0.1, -0.05) is 17.3 Å². The highest BCUT2D eigenvalue weighted by molar-refractivity contribution is 7.13. The normalized spacial score (nSPS) is 11.0. The summed E-state index contributed by atoms with van der Waals surface area (Å²) in [6, 6.07) is 11.4. The Kier molecular flexibility index (Phi) is 3.89. The zero-order valence-electron chi connectivity index (χ0n) is 12.7. The average molecular weight is 340 g/mol. The smallest absolute Gasteiger partial charge is 0.258 e. The van der Waals surface area contributed by atoms with Crippen molar-refractivity contribution in [3.05, 3.63) is 47.7 Å². The molecule has 24 heavy (non-hydrogen) atoms. The molecule has 0 radical (unpaired) electrons. The summed E-state index contributed by atoms with van der Waals surface area (Å²) in [4.78, 5) is 5.40. The molecule has 0 unspecified atom stereocenters. The molecule has 0 N–H and O–H groups in total. The molecule has 0 amide bonds. The van der Waals surface area contributed by atoms with Crippen LogP contribution < -0.4 is 0 Å². The maximum absolute atomic E-state index is 5.55. The van der Waals surface area contributed by atoms with Crippen molar-refractivity contribution in [3.8, 4) is 33.6 Å². The monoisotopic (exact) mass is 340 g/mol. The highest BCUT2D eigenvalue weighted by Gasteiger charge is 2.14. The fourth-order valence-electron chi connectivity index (χ4n) is 2.18. The fraction of sp³-hybridized carbons (Fsp3) is 0.125. The van der Waals surface area contributed by atoms with Gasteiger partial charge in [-0.15, -0.1) is 21.5 Å². The van der Waals surface area contributed by atoms with Crippen LogP contribution in [0.15, 0.2) is 50.7 Å². The number of ether oxygens (including phenoxy) is 1. The predicted octanol–water partition coefficient (Wildman–Crippen LogP) is 3.66. The molecule has 0 saturated heterocycles. The first-order chi connectivity index (χ1) is 11.8. The molecule has 3 heterocycles. The van der Waals surface area contributed by atoms with Crippen molar-refractivity contribution in [2.75, 3.05) is 7.11 Å².